The van der Waals surface area contributed by atoms with E-state index in [-0.39, 0.29) is 0 Å². The highest BCUT2D eigenvalue weighted by Gasteiger charge is 2.38. The van der Waals surface area contributed by atoms with Crippen molar-refractivity contribution in [3.63, 3.8) is 0 Å². The van der Waals surface area contributed by atoms with Gasteiger partial charge in [0.15, 0.2) is 0 Å². The van der Waals surface area contributed by atoms with E-state index in [4.69, 9.17) is 11.6 Å². The van der Waals surface area contributed by atoms with Crippen LogP contribution in [0, 0.1) is 5.92 Å². The summed E-state index contributed by atoms with van der Waals surface area (Å²) in [5, 5.41) is 3.21. The second-order valence-electron chi connectivity index (χ2n) is 3.30. The Hall–Kier alpha value is -0.0500. The van der Waals surface area contributed by atoms with Crippen LogP contribution in [-0.2, 0) is 0 Å². The van der Waals surface area contributed by atoms with Gasteiger partial charge in [0.2, 0.25) is 0 Å². The third-order valence-electron chi connectivity index (χ3n) is 2.35. The highest BCUT2D eigenvalue weighted by molar-refractivity contribution is 7.16. The molecule has 0 aromatic carbocycles. The first-order valence-electron chi connectivity index (χ1n) is 4.21. The minimum absolute atomic E-state index is 0.787. The summed E-state index contributed by atoms with van der Waals surface area (Å²) in [5.74, 6) is 1.64. The molecule has 0 aliphatic heterocycles. The van der Waals surface area contributed by atoms with Crippen LogP contribution >= 0.6 is 22.9 Å². The molecule has 3 heteroatoms. The molecule has 1 aliphatic rings. The Morgan fingerprint density at radius 1 is 1.67 bits per heavy atom. The summed E-state index contributed by atoms with van der Waals surface area (Å²) in [6.07, 6.45) is 1.33. The molecule has 12 heavy (non-hydrogen) atoms. The van der Waals surface area contributed by atoms with E-state index in [9.17, 15) is 0 Å². The predicted molar refractivity (Wildman–Crippen MR) is 54.1 cm³/mol. The lowest BCUT2D eigenvalue weighted by Crippen LogP contribution is -2.09. The van der Waals surface area contributed by atoms with Crippen molar-refractivity contribution in [2.24, 2.45) is 5.92 Å². The quantitative estimate of drug-likeness (QED) is 0.793. The fraction of sp³-hybridized carbons (Fsp3) is 0.556. The molecule has 0 amide bonds. The van der Waals surface area contributed by atoms with Crippen molar-refractivity contribution in [1.29, 1.82) is 0 Å². The summed E-state index contributed by atoms with van der Waals surface area (Å²) < 4.78 is 0.917. The zero-order chi connectivity index (χ0) is 8.55. The van der Waals surface area contributed by atoms with Gasteiger partial charge in [-0.15, -0.1) is 11.3 Å². The van der Waals surface area contributed by atoms with Gasteiger partial charge in [-0.2, -0.15) is 0 Å². The maximum absolute atomic E-state index is 5.86. The van der Waals surface area contributed by atoms with E-state index in [1.54, 1.807) is 11.3 Å². The Balaban J connectivity index is 1.96. The molecule has 2 unspecified atom stereocenters. The van der Waals surface area contributed by atoms with Crippen LogP contribution in [0.25, 0.3) is 0 Å². The average Bonchev–Trinajstić information content (AvgIpc) is 2.67. The average molecular weight is 202 g/mol. The summed E-state index contributed by atoms with van der Waals surface area (Å²) >= 11 is 7.59. The Morgan fingerprint density at radius 2 is 2.50 bits per heavy atom. The molecular formula is C9H12ClNS. The molecule has 0 saturated heterocycles. The van der Waals surface area contributed by atoms with Gasteiger partial charge in [0.1, 0.15) is 0 Å². The second-order valence-corrected chi connectivity index (χ2v) is 5.05. The maximum atomic E-state index is 5.86. The molecule has 0 radical (unpaired) electrons. The first kappa shape index (κ1) is 8.54. The molecule has 1 aromatic heterocycles. The lowest BCUT2D eigenvalue weighted by molar-refractivity contribution is 0.700. The van der Waals surface area contributed by atoms with E-state index in [0.717, 1.165) is 22.7 Å². The van der Waals surface area contributed by atoms with Crippen molar-refractivity contribution >= 4 is 22.9 Å². The number of thiophene rings is 1. The fourth-order valence-electron chi connectivity index (χ4n) is 1.61. The number of hydrogen-bond donors (Lipinski definition) is 1. The van der Waals surface area contributed by atoms with Gasteiger partial charge in [0, 0.05) is 4.88 Å². The van der Waals surface area contributed by atoms with Gasteiger partial charge < -0.3 is 5.32 Å². The number of hydrogen-bond acceptors (Lipinski definition) is 2. The second kappa shape index (κ2) is 3.36. The van der Waals surface area contributed by atoms with Crippen molar-refractivity contribution < 1.29 is 0 Å². The van der Waals surface area contributed by atoms with Crippen molar-refractivity contribution in [2.75, 3.05) is 13.6 Å². The van der Waals surface area contributed by atoms with Crippen LogP contribution < -0.4 is 5.32 Å². The van der Waals surface area contributed by atoms with Crippen LogP contribution in [0.5, 0.6) is 0 Å². The zero-order valence-corrected chi connectivity index (χ0v) is 8.58. The van der Waals surface area contributed by atoms with Gasteiger partial charge in [-0.1, -0.05) is 11.6 Å². The molecule has 1 nitrogen and oxygen atoms in total. The maximum Gasteiger partial charge on any atom is 0.0931 e. The Kier molecular flexibility index (Phi) is 2.40. The summed E-state index contributed by atoms with van der Waals surface area (Å²) in [5.41, 5.74) is 0. The van der Waals surface area contributed by atoms with E-state index in [0.29, 0.717) is 0 Å². The lowest BCUT2D eigenvalue weighted by atomic mass is 10.3. The molecule has 0 spiro atoms. The van der Waals surface area contributed by atoms with Gasteiger partial charge in [-0.3, -0.25) is 0 Å². The van der Waals surface area contributed by atoms with Gasteiger partial charge in [-0.05, 0) is 44.0 Å². The minimum atomic E-state index is 0.787. The molecule has 1 aliphatic carbocycles. The summed E-state index contributed by atoms with van der Waals surface area (Å²) in [7, 11) is 2.01. The summed E-state index contributed by atoms with van der Waals surface area (Å²) in [6, 6.07) is 4.16. The Labute approximate surface area is 81.7 Å². The molecule has 66 valence electrons. The zero-order valence-electron chi connectivity index (χ0n) is 7.01. The standard InChI is InChI=1S/C9H12ClNS/c1-11-5-6-4-7(6)8-2-3-9(10)12-8/h2-3,6-7,11H,4-5H2,1H3. The SMILES string of the molecule is CNCC1CC1c1ccc(Cl)s1. The molecule has 1 saturated carbocycles. The molecule has 1 N–H and O–H groups in total. The van der Waals surface area contributed by atoms with E-state index in [1.807, 2.05) is 13.1 Å². The number of rotatable bonds is 3. The van der Waals surface area contributed by atoms with Crippen molar-refractivity contribution in [2.45, 2.75) is 12.3 Å². The molecule has 2 rings (SSSR count). The van der Waals surface area contributed by atoms with Gasteiger partial charge in [-0.25, -0.2) is 0 Å². The minimum Gasteiger partial charge on any atom is -0.319 e. The Bertz CT molecular complexity index is 271. The van der Waals surface area contributed by atoms with Crippen molar-refractivity contribution in [1.82, 2.24) is 5.32 Å². The lowest BCUT2D eigenvalue weighted by Gasteiger charge is -1.94. The van der Waals surface area contributed by atoms with Crippen LogP contribution in [0.2, 0.25) is 4.34 Å². The molecular weight excluding hydrogens is 190 g/mol. The largest absolute Gasteiger partial charge is 0.319 e. The number of nitrogens with one attached hydrogen (secondary N) is 1. The number of halogens is 1. The van der Waals surface area contributed by atoms with Crippen molar-refractivity contribution in [3.05, 3.63) is 21.3 Å². The van der Waals surface area contributed by atoms with E-state index in [1.165, 1.54) is 11.3 Å². The smallest absolute Gasteiger partial charge is 0.0931 e. The van der Waals surface area contributed by atoms with Gasteiger partial charge in [0.25, 0.3) is 0 Å². The first-order valence-corrected chi connectivity index (χ1v) is 5.40. The Morgan fingerprint density at radius 3 is 3.08 bits per heavy atom. The van der Waals surface area contributed by atoms with Crippen LogP contribution in [-0.4, -0.2) is 13.6 Å². The van der Waals surface area contributed by atoms with Gasteiger partial charge in [0.05, 0.1) is 4.34 Å². The first-order chi connectivity index (χ1) is 5.81. The molecule has 1 aromatic rings. The van der Waals surface area contributed by atoms with E-state index < -0.39 is 0 Å². The van der Waals surface area contributed by atoms with Crippen LogP contribution in [0.1, 0.15) is 17.2 Å². The fourth-order valence-corrected chi connectivity index (χ4v) is 2.88. The summed E-state index contributed by atoms with van der Waals surface area (Å²) in [4.78, 5) is 1.46. The highest BCUT2D eigenvalue weighted by Crippen LogP contribution is 2.49. The highest BCUT2D eigenvalue weighted by atomic mass is 35.5. The molecule has 1 heterocycles. The third kappa shape index (κ3) is 1.65. The third-order valence-corrected chi connectivity index (χ3v) is 3.71. The topological polar surface area (TPSA) is 12.0 Å². The van der Waals surface area contributed by atoms with E-state index in [2.05, 4.69) is 11.4 Å². The normalized spacial score (nSPS) is 27.5. The van der Waals surface area contributed by atoms with Gasteiger partial charge >= 0.3 is 0 Å². The predicted octanol–water partition coefficient (Wildman–Crippen LogP) is 2.72. The van der Waals surface area contributed by atoms with E-state index >= 15 is 0 Å². The molecule has 2 atom stereocenters. The van der Waals surface area contributed by atoms with Crippen LogP contribution in [0.4, 0.5) is 0 Å². The molecule has 1 fully saturated rings. The monoisotopic (exact) mass is 201 g/mol. The van der Waals surface area contributed by atoms with Crippen LogP contribution in [0.3, 0.4) is 0 Å². The molecule has 0 bridgehead atoms. The van der Waals surface area contributed by atoms with Crippen molar-refractivity contribution in [3.8, 4) is 0 Å². The summed E-state index contributed by atoms with van der Waals surface area (Å²) in [6.45, 7) is 1.14. The van der Waals surface area contributed by atoms with Crippen LogP contribution in [0.15, 0.2) is 12.1 Å².